The Balaban J connectivity index is 0.894. The highest BCUT2D eigenvalue weighted by atomic mass is 16.5. The Bertz CT molecular complexity index is 2310. The number of rotatable bonds is 9. The largest absolute Gasteiger partial charge is 0.367 e. The first kappa shape index (κ1) is 35.7. The smallest absolute Gasteiger partial charge is 0.256 e. The second-order valence-electron chi connectivity index (χ2n) is 14.1. The number of benzene rings is 4. The van der Waals surface area contributed by atoms with Crippen LogP contribution < -0.4 is 5.73 Å². The van der Waals surface area contributed by atoms with Gasteiger partial charge in [0.1, 0.15) is 17.7 Å². The number of carbonyl (C=O) groups excluding carboxylic acids is 2. The summed E-state index contributed by atoms with van der Waals surface area (Å²) >= 11 is 0. The standard InChI is InChI=1S/C45H43N7O3/c1-55-41(35-12-6-3-7-13-35)45(54)52-27-9-15-39(52)43-48-29-37(50-43)33-24-20-31(21-25-33)17-16-30-18-22-32(23-19-30)36-28-47-42(49-36)38-14-8-26-51(38)44(53)40(46)34-10-4-2-5-11-34/h2-7,10-13,18-25,28-29,38-41H,8-9,14-15,26-27,46H2,1H3,(H,47,49)(H,48,50)/t38-,39-,40+,41+/m0/s1. The first-order valence-corrected chi connectivity index (χ1v) is 18.8. The lowest BCUT2D eigenvalue weighted by Crippen LogP contribution is -2.38. The number of likely N-dealkylation sites (tertiary alicyclic amines) is 2. The number of nitrogens with one attached hydrogen (secondary N) is 2. The minimum atomic E-state index is -0.698. The average molecular weight is 730 g/mol. The molecule has 8 rings (SSSR count). The summed E-state index contributed by atoms with van der Waals surface area (Å²) in [4.78, 5) is 47.0. The summed E-state index contributed by atoms with van der Waals surface area (Å²) in [5, 5.41) is 0. The van der Waals surface area contributed by atoms with Gasteiger partial charge in [0.25, 0.3) is 5.91 Å². The van der Waals surface area contributed by atoms with Crippen LogP contribution in [0.5, 0.6) is 0 Å². The number of carbonyl (C=O) groups is 2. The maximum absolute atomic E-state index is 13.6. The minimum Gasteiger partial charge on any atom is -0.367 e. The van der Waals surface area contributed by atoms with Crippen LogP contribution in [0.1, 0.15) is 83.8 Å². The van der Waals surface area contributed by atoms with Crippen LogP contribution in [0.2, 0.25) is 0 Å². The first-order valence-electron chi connectivity index (χ1n) is 18.8. The van der Waals surface area contributed by atoms with Gasteiger partial charge in [0.15, 0.2) is 6.10 Å². The van der Waals surface area contributed by atoms with Gasteiger partial charge in [-0.1, -0.05) is 96.8 Å². The number of H-pyrrole nitrogens is 2. The van der Waals surface area contributed by atoms with Crippen molar-refractivity contribution in [3.63, 3.8) is 0 Å². The molecule has 10 heteroatoms. The lowest BCUT2D eigenvalue weighted by molar-refractivity contribution is -0.143. The Kier molecular flexibility index (Phi) is 10.4. The van der Waals surface area contributed by atoms with Crippen molar-refractivity contribution in [1.82, 2.24) is 29.7 Å². The molecule has 0 saturated carbocycles. The van der Waals surface area contributed by atoms with E-state index < -0.39 is 12.1 Å². The molecule has 10 nitrogen and oxygen atoms in total. The number of nitrogens with two attached hydrogens (primary N) is 1. The van der Waals surface area contributed by atoms with Crippen molar-refractivity contribution in [1.29, 1.82) is 0 Å². The van der Waals surface area contributed by atoms with Crippen molar-refractivity contribution in [2.45, 2.75) is 49.9 Å². The van der Waals surface area contributed by atoms with E-state index in [4.69, 9.17) is 15.5 Å². The lowest BCUT2D eigenvalue weighted by Gasteiger charge is -2.27. The summed E-state index contributed by atoms with van der Waals surface area (Å²) in [6.45, 7) is 1.33. The van der Waals surface area contributed by atoms with Crippen molar-refractivity contribution in [2.75, 3.05) is 20.2 Å². The number of hydrogen-bond donors (Lipinski definition) is 3. The van der Waals surface area contributed by atoms with Crippen LogP contribution in [0.3, 0.4) is 0 Å². The second kappa shape index (κ2) is 16.0. The van der Waals surface area contributed by atoms with E-state index in [1.54, 1.807) is 7.11 Å². The summed E-state index contributed by atoms with van der Waals surface area (Å²) in [7, 11) is 1.58. The summed E-state index contributed by atoms with van der Waals surface area (Å²) in [6.07, 6.45) is 6.50. The van der Waals surface area contributed by atoms with Crippen molar-refractivity contribution in [2.24, 2.45) is 5.73 Å². The van der Waals surface area contributed by atoms with E-state index in [1.807, 2.05) is 131 Å². The van der Waals surface area contributed by atoms with Crippen LogP contribution in [0, 0.1) is 11.8 Å². The topological polar surface area (TPSA) is 133 Å². The molecule has 55 heavy (non-hydrogen) atoms. The van der Waals surface area contributed by atoms with Crippen LogP contribution >= 0.6 is 0 Å². The third-order valence-corrected chi connectivity index (χ3v) is 10.6. The molecule has 6 aromatic rings. The quantitative estimate of drug-likeness (QED) is 0.134. The van der Waals surface area contributed by atoms with Gasteiger partial charge >= 0.3 is 0 Å². The fraction of sp³-hybridized carbons (Fsp3) is 0.244. The van der Waals surface area contributed by atoms with Crippen LogP contribution in [-0.4, -0.2) is 61.7 Å². The number of amides is 2. The predicted octanol–water partition coefficient (Wildman–Crippen LogP) is 7.28. The fourth-order valence-corrected chi connectivity index (χ4v) is 7.68. The molecule has 4 N–H and O–H groups in total. The number of aromatic nitrogens is 4. The molecule has 276 valence electrons. The SMILES string of the molecule is CO[C@@H](C(=O)N1CCC[C@H]1c1ncc(-c2ccc(C#Cc3ccc(-c4cnc([C@@H]5CCCN5C(=O)[C@H](N)c5ccccc5)[nH]4)cc3)cc2)[nH]1)c1ccccc1. The number of ether oxygens (including phenoxy) is 1. The minimum absolute atomic E-state index is 0.0482. The summed E-state index contributed by atoms with van der Waals surface area (Å²) in [5.74, 6) is 7.97. The number of methoxy groups -OCH3 is 1. The number of hydrogen-bond acceptors (Lipinski definition) is 6. The summed E-state index contributed by atoms with van der Waals surface area (Å²) < 4.78 is 5.64. The predicted molar refractivity (Wildman–Crippen MR) is 211 cm³/mol. The van der Waals surface area contributed by atoms with Crippen molar-refractivity contribution < 1.29 is 14.3 Å². The highest BCUT2D eigenvalue weighted by Gasteiger charge is 2.37. The molecule has 0 spiro atoms. The van der Waals surface area contributed by atoms with Gasteiger partial charge in [-0.2, -0.15) is 0 Å². The molecule has 2 amide bonds. The summed E-state index contributed by atoms with van der Waals surface area (Å²) in [5.41, 5.74) is 13.6. The Labute approximate surface area is 320 Å². The molecule has 4 heterocycles. The van der Waals surface area contributed by atoms with Crippen LogP contribution in [0.15, 0.2) is 122 Å². The van der Waals surface area contributed by atoms with Gasteiger partial charge < -0.3 is 30.2 Å². The zero-order valence-electron chi connectivity index (χ0n) is 30.7. The van der Waals surface area contributed by atoms with Crippen molar-refractivity contribution >= 4 is 11.8 Å². The van der Waals surface area contributed by atoms with Gasteiger partial charge in [-0.15, -0.1) is 0 Å². The van der Waals surface area contributed by atoms with E-state index in [0.717, 1.165) is 82.1 Å². The van der Waals surface area contributed by atoms with E-state index in [0.29, 0.717) is 13.1 Å². The third kappa shape index (κ3) is 7.58. The second-order valence-corrected chi connectivity index (χ2v) is 14.1. The third-order valence-electron chi connectivity index (χ3n) is 10.6. The van der Waals surface area contributed by atoms with E-state index in [1.165, 1.54) is 0 Å². The molecule has 4 atom stereocenters. The molecule has 2 aliphatic rings. The Hall–Kier alpha value is -6.28. The monoisotopic (exact) mass is 729 g/mol. The van der Waals surface area contributed by atoms with Crippen molar-refractivity contribution in [3.8, 4) is 34.4 Å². The molecule has 2 aromatic heterocycles. The van der Waals surface area contributed by atoms with Crippen LogP contribution in [-0.2, 0) is 14.3 Å². The van der Waals surface area contributed by atoms with Gasteiger partial charge in [-0.05, 0) is 72.2 Å². The highest BCUT2D eigenvalue weighted by molar-refractivity contribution is 5.84. The molecule has 2 aliphatic heterocycles. The maximum Gasteiger partial charge on any atom is 0.256 e. The Morgan fingerprint density at radius 2 is 1.13 bits per heavy atom. The maximum atomic E-state index is 13.6. The van der Waals surface area contributed by atoms with Gasteiger partial charge in [0.2, 0.25) is 5.91 Å². The van der Waals surface area contributed by atoms with Gasteiger partial charge in [-0.3, -0.25) is 9.59 Å². The molecule has 0 radical (unpaired) electrons. The van der Waals surface area contributed by atoms with Gasteiger partial charge in [-0.25, -0.2) is 9.97 Å². The zero-order valence-corrected chi connectivity index (χ0v) is 30.7. The molecule has 2 fully saturated rings. The Morgan fingerprint density at radius 3 is 1.60 bits per heavy atom. The molecular formula is C45H43N7O3. The van der Waals surface area contributed by atoms with E-state index >= 15 is 0 Å². The van der Waals surface area contributed by atoms with E-state index in [-0.39, 0.29) is 23.9 Å². The molecule has 2 saturated heterocycles. The van der Waals surface area contributed by atoms with Gasteiger partial charge in [0.05, 0.1) is 35.9 Å². The van der Waals surface area contributed by atoms with E-state index in [2.05, 4.69) is 26.8 Å². The van der Waals surface area contributed by atoms with Crippen molar-refractivity contribution in [3.05, 3.63) is 155 Å². The first-order chi connectivity index (χ1) is 27.0. The zero-order chi connectivity index (χ0) is 37.7. The highest BCUT2D eigenvalue weighted by Crippen LogP contribution is 2.36. The normalized spacial score (nSPS) is 17.8. The lowest BCUT2D eigenvalue weighted by atomic mass is 10.1. The Morgan fingerprint density at radius 1 is 0.673 bits per heavy atom. The fourth-order valence-electron chi connectivity index (χ4n) is 7.68. The van der Waals surface area contributed by atoms with Gasteiger partial charge in [0, 0.05) is 31.3 Å². The summed E-state index contributed by atoms with van der Waals surface area (Å²) in [6, 6.07) is 34.3. The van der Waals surface area contributed by atoms with Crippen LogP contribution in [0.25, 0.3) is 22.5 Å². The molecule has 0 aliphatic carbocycles. The number of imidazole rings is 2. The number of nitrogens with zero attached hydrogens (tertiary/aromatic N) is 4. The van der Waals surface area contributed by atoms with Crippen LogP contribution in [0.4, 0.5) is 0 Å². The average Bonchev–Trinajstić information content (AvgIpc) is 4.08. The number of aromatic amines is 2. The molecule has 0 unspecified atom stereocenters. The molecule has 4 aromatic carbocycles. The molecule has 0 bridgehead atoms. The molecular weight excluding hydrogens is 687 g/mol. The van der Waals surface area contributed by atoms with E-state index in [9.17, 15) is 9.59 Å².